The molecular weight excluding hydrogens is 196 g/mol. The van der Waals surface area contributed by atoms with E-state index < -0.39 is 0 Å². The molecule has 0 saturated heterocycles. The summed E-state index contributed by atoms with van der Waals surface area (Å²) < 4.78 is 0. The van der Waals surface area contributed by atoms with E-state index in [0.717, 1.165) is 32.6 Å². The van der Waals surface area contributed by atoms with Gasteiger partial charge in [0.15, 0.2) is 0 Å². The number of nitrogens with one attached hydrogen (secondary N) is 1. The van der Waals surface area contributed by atoms with E-state index >= 15 is 0 Å². The van der Waals surface area contributed by atoms with Crippen molar-refractivity contribution in [1.82, 2.24) is 10.2 Å². The van der Waals surface area contributed by atoms with Crippen molar-refractivity contribution in [2.45, 2.75) is 46.6 Å². The molecule has 0 aromatic rings. The van der Waals surface area contributed by atoms with Crippen LogP contribution in [0.2, 0.25) is 0 Å². The molecule has 1 atom stereocenters. The van der Waals surface area contributed by atoms with Gasteiger partial charge in [0.2, 0.25) is 0 Å². The lowest BCUT2D eigenvalue weighted by molar-refractivity contribution is 0.208. The van der Waals surface area contributed by atoms with Crippen LogP contribution < -0.4 is 5.32 Å². The molecular formula is C14H28N2. The van der Waals surface area contributed by atoms with Gasteiger partial charge in [-0.05, 0) is 31.8 Å². The summed E-state index contributed by atoms with van der Waals surface area (Å²) in [4.78, 5) is 2.41. The molecule has 16 heavy (non-hydrogen) atoms. The SMILES string of the molecule is C#CCN(CCC)C(CC)CNCC(C)C. The Hall–Kier alpha value is -0.520. The van der Waals surface area contributed by atoms with Crippen LogP contribution in [0.5, 0.6) is 0 Å². The molecule has 0 aliphatic rings. The highest BCUT2D eigenvalue weighted by atomic mass is 15.2. The smallest absolute Gasteiger partial charge is 0.0601 e. The van der Waals surface area contributed by atoms with Gasteiger partial charge in [-0.2, -0.15) is 0 Å². The second-order valence-electron chi connectivity index (χ2n) is 4.79. The fourth-order valence-electron chi connectivity index (χ4n) is 1.87. The Kier molecular flexibility index (Phi) is 9.37. The van der Waals surface area contributed by atoms with Crippen LogP contribution in [0.1, 0.15) is 40.5 Å². The maximum atomic E-state index is 5.42. The zero-order valence-electron chi connectivity index (χ0n) is 11.4. The molecule has 0 fully saturated rings. The fourth-order valence-corrected chi connectivity index (χ4v) is 1.87. The van der Waals surface area contributed by atoms with Gasteiger partial charge < -0.3 is 5.32 Å². The van der Waals surface area contributed by atoms with Crippen LogP contribution in [0.25, 0.3) is 0 Å². The van der Waals surface area contributed by atoms with Crippen LogP contribution in [-0.2, 0) is 0 Å². The van der Waals surface area contributed by atoms with Crippen LogP contribution >= 0.6 is 0 Å². The van der Waals surface area contributed by atoms with E-state index in [1.807, 2.05) is 0 Å². The monoisotopic (exact) mass is 224 g/mol. The van der Waals surface area contributed by atoms with Gasteiger partial charge in [-0.25, -0.2) is 0 Å². The molecule has 0 aromatic heterocycles. The van der Waals surface area contributed by atoms with Crippen molar-refractivity contribution in [2.24, 2.45) is 5.92 Å². The Balaban J connectivity index is 4.04. The molecule has 2 heteroatoms. The van der Waals surface area contributed by atoms with Crippen molar-refractivity contribution in [3.63, 3.8) is 0 Å². The van der Waals surface area contributed by atoms with Crippen molar-refractivity contribution in [1.29, 1.82) is 0 Å². The molecule has 94 valence electrons. The van der Waals surface area contributed by atoms with E-state index in [4.69, 9.17) is 6.42 Å². The molecule has 2 nitrogen and oxygen atoms in total. The minimum absolute atomic E-state index is 0.578. The molecule has 0 saturated carbocycles. The van der Waals surface area contributed by atoms with Crippen LogP contribution in [0.15, 0.2) is 0 Å². The summed E-state index contributed by atoms with van der Waals surface area (Å²) in [5.74, 6) is 3.48. The van der Waals surface area contributed by atoms with Gasteiger partial charge in [0.05, 0.1) is 6.54 Å². The Morgan fingerprint density at radius 1 is 1.25 bits per heavy atom. The van der Waals surface area contributed by atoms with Gasteiger partial charge in [0.25, 0.3) is 0 Å². The van der Waals surface area contributed by atoms with Gasteiger partial charge in [-0.1, -0.05) is 33.6 Å². The first-order valence-electron chi connectivity index (χ1n) is 6.53. The van der Waals surface area contributed by atoms with Crippen molar-refractivity contribution < 1.29 is 0 Å². The summed E-state index contributed by atoms with van der Waals surface area (Å²) in [6.45, 7) is 12.9. The Labute approximate surface area is 102 Å². The van der Waals surface area contributed by atoms with Gasteiger partial charge >= 0.3 is 0 Å². The summed E-state index contributed by atoms with van der Waals surface area (Å²) >= 11 is 0. The van der Waals surface area contributed by atoms with Crippen molar-refractivity contribution in [3.8, 4) is 12.3 Å². The molecule has 0 aliphatic carbocycles. The van der Waals surface area contributed by atoms with Gasteiger partial charge in [0.1, 0.15) is 0 Å². The highest BCUT2D eigenvalue weighted by Crippen LogP contribution is 2.04. The number of hydrogen-bond acceptors (Lipinski definition) is 2. The average molecular weight is 224 g/mol. The highest BCUT2D eigenvalue weighted by molar-refractivity contribution is 4.90. The van der Waals surface area contributed by atoms with E-state index in [-0.39, 0.29) is 0 Å². The first-order valence-corrected chi connectivity index (χ1v) is 6.53. The lowest BCUT2D eigenvalue weighted by Gasteiger charge is -2.29. The maximum Gasteiger partial charge on any atom is 0.0601 e. The van der Waals surface area contributed by atoms with Crippen LogP contribution in [0.3, 0.4) is 0 Å². The summed E-state index contributed by atoms with van der Waals surface area (Å²) in [6.07, 6.45) is 7.75. The maximum absolute atomic E-state index is 5.42. The van der Waals surface area contributed by atoms with E-state index in [9.17, 15) is 0 Å². The Morgan fingerprint density at radius 2 is 1.94 bits per heavy atom. The molecule has 0 aliphatic heterocycles. The zero-order valence-corrected chi connectivity index (χ0v) is 11.4. The third-order valence-corrected chi connectivity index (χ3v) is 2.73. The van der Waals surface area contributed by atoms with Crippen molar-refractivity contribution in [3.05, 3.63) is 0 Å². The van der Waals surface area contributed by atoms with Gasteiger partial charge in [-0.15, -0.1) is 6.42 Å². The highest BCUT2D eigenvalue weighted by Gasteiger charge is 2.14. The summed E-state index contributed by atoms with van der Waals surface area (Å²) in [5.41, 5.74) is 0. The summed E-state index contributed by atoms with van der Waals surface area (Å²) in [6, 6.07) is 0.578. The minimum Gasteiger partial charge on any atom is -0.315 e. The quantitative estimate of drug-likeness (QED) is 0.605. The minimum atomic E-state index is 0.578. The Bertz CT molecular complexity index is 193. The zero-order chi connectivity index (χ0) is 12.4. The topological polar surface area (TPSA) is 15.3 Å². The van der Waals surface area contributed by atoms with Crippen LogP contribution in [0.4, 0.5) is 0 Å². The molecule has 0 radical (unpaired) electrons. The van der Waals surface area contributed by atoms with E-state index in [1.54, 1.807) is 0 Å². The van der Waals surface area contributed by atoms with Gasteiger partial charge in [0, 0.05) is 12.6 Å². The predicted molar refractivity (Wildman–Crippen MR) is 72.5 cm³/mol. The predicted octanol–water partition coefficient (Wildman–Crippen LogP) is 2.36. The number of nitrogens with zero attached hydrogens (tertiary/aromatic N) is 1. The average Bonchev–Trinajstić information content (AvgIpc) is 2.24. The van der Waals surface area contributed by atoms with E-state index in [2.05, 4.69) is 43.8 Å². The fraction of sp³-hybridized carbons (Fsp3) is 0.857. The summed E-state index contributed by atoms with van der Waals surface area (Å²) in [7, 11) is 0. The number of rotatable bonds is 9. The van der Waals surface area contributed by atoms with E-state index in [1.165, 1.54) is 6.42 Å². The molecule has 0 rings (SSSR count). The summed E-state index contributed by atoms with van der Waals surface area (Å²) in [5, 5.41) is 3.52. The molecule has 1 N–H and O–H groups in total. The molecule has 0 bridgehead atoms. The first kappa shape index (κ1) is 15.5. The van der Waals surface area contributed by atoms with Crippen LogP contribution in [-0.4, -0.2) is 37.1 Å². The standard InChI is InChI=1S/C14H28N2/c1-6-9-16(10-7-2)14(8-3)12-15-11-13(4)5/h1,13-15H,7-12H2,2-5H3. The second-order valence-corrected chi connectivity index (χ2v) is 4.79. The third-order valence-electron chi connectivity index (χ3n) is 2.73. The third kappa shape index (κ3) is 6.87. The molecule has 1 unspecified atom stereocenters. The second kappa shape index (κ2) is 9.69. The lowest BCUT2D eigenvalue weighted by Crippen LogP contribution is -2.43. The molecule has 0 spiro atoms. The van der Waals surface area contributed by atoms with Gasteiger partial charge in [-0.3, -0.25) is 4.90 Å². The van der Waals surface area contributed by atoms with Crippen molar-refractivity contribution >= 4 is 0 Å². The number of hydrogen-bond donors (Lipinski definition) is 1. The van der Waals surface area contributed by atoms with E-state index in [0.29, 0.717) is 12.0 Å². The first-order chi connectivity index (χ1) is 7.65. The lowest BCUT2D eigenvalue weighted by atomic mass is 10.1. The number of terminal acetylenes is 1. The van der Waals surface area contributed by atoms with Crippen LogP contribution in [0, 0.1) is 18.3 Å². The molecule has 0 amide bonds. The normalized spacial score (nSPS) is 13.1. The van der Waals surface area contributed by atoms with Crippen molar-refractivity contribution in [2.75, 3.05) is 26.2 Å². The molecule has 0 heterocycles. The largest absolute Gasteiger partial charge is 0.315 e. The Morgan fingerprint density at radius 3 is 2.38 bits per heavy atom. The molecule has 0 aromatic carbocycles.